The van der Waals surface area contributed by atoms with Gasteiger partial charge in [0.1, 0.15) is 17.7 Å². The van der Waals surface area contributed by atoms with E-state index in [2.05, 4.69) is 15.0 Å². The molecular formula is C23H29FN4O3. The highest BCUT2D eigenvalue weighted by Crippen LogP contribution is 2.32. The monoisotopic (exact) mass is 428 g/mol. The summed E-state index contributed by atoms with van der Waals surface area (Å²) in [5.74, 6) is 0.390. The minimum atomic E-state index is -0.775. The molecule has 1 unspecified atom stereocenters. The first-order valence-corrected chi connectivity index (χ1v) is 10.9. The number of rotatable bonds is 6. The molecule has 1 atom stereocenters. The number of aliphatic hydroxyl groups excluding tert-OH is 1. The molecule has 0 aliphatic carbocycles. The Balaban J connectivity index is 1.41. The third kappa shape index (κ3) is 4.27. The van der Waals surface area contributed by atoms with Crippen LogP contribution in [-0.4, -0.2) is 44.3 Å². The number of aromatic nitrogens is 3. The Labute approximate surface area is 180 Å². The van der Waals surface area contributed by atoms with Crippen LogP contribution in [0.2, 0.25) is 0 Å². The van der Waals surface area contributed by atoms with Gasteiger partial charge in [0.25, 0.3) is 5.56 Å². The molecule has 1 saturated heterocycles. The maximum absolute atomic E-state index is 13.4. The van der Waals surface area contributed by atoms with E-state index in [1.807, 2.05) is 13.8 Å². The molecule has 0 spiro atoms. The van der Waals surface area contributed by atoms with E-state index in [0.29, 0.717) is 30.1 Å². The fourth-order valence-corrected chi connectivity index (χ4v) is 4.56. The Morgan fingerprint density at radius 3 is 2.74 bits per heavy atom. The quantitative estimate of drug-likeness (QED) is 0.648. The fourth-order valence-electron chi connectivity index (χ4n) is 4.56. The van der Waals surface area contributed by atoms with E-state index in [-0.39, 0.29) is 17.3 Å². The van der Waals surface area contributed by atoms with Gasteiger partial charge in [-0.25, -0.2) is 9.37 Å². The zero-order chi connectivity index (χ0) is 22.1. The lowest BCUT2D eigenvalue weighted by atomic mass is 9.91. The van der Waals surface area contributed by atoms with Gasteiger partial charge in [-0.3, -0.25) is 9.36 Å². The van der Waals surface area contributed by atoms with Gasteiger partial charge in [-0.15, -0.1) is 0 Å². The largest absolute Gasteiger partial charge is 0.385 e. The molecule has 166 valence electrons. The summed E-state index contributed by atoms with van der Waals surface area (Å²) in [6.07, 6.45) is 1.74. The molecule has 2 aromatic heterocycles. The Hall–Kier alpha value is -2.58. The average Bonchev–Trinajstić information content (AvgIpc) is 3.16. The van der Waals surface area contributed by atoms with Gasteiger partial charge in [0.05, 0.1) is 5.69 Å². The number of piperidine rings is 1. The van der Waals surface area contributed by atoms with Crippen LogP contribution in [0, 0.1) is 12.7 Å². The van der Waals surface area contributed by atoms with Gasteiger partial charge in [-0.2, -0.15) is 0 Å². The van der Waals surface area contributed by atoms with Crippen molar-refractivity contribution >= 4 is 11.0 Å². The van der Waals surface area contributed by atoms with Crippen molar-refractivity contribution in [1.82, 2.24) is 19.6 Å². The van der Waals surface area contributed by atoms with Crippen molar-refractivity contribution in [3.63, 3.8) is 0 Å². The molecule has 0 amide bonds. The van der Waals surface area contributed by atoms with E-state index in [1.165, 1.54) is 12.1 Å². The van der Waals surface area contributed by atoms with Crippen molar-refractivity contribution in [3.8, 4) is 0 Å². The lowest BCUT2D eigenvalue weighted by Gasteiger charge is -2.31. The second-order valence-corrected chi connectivity index (χ2v) is 8.33. The maximum Gasteiger partial charge on any atom is 0.257 e. The molecule has 7 nitrogen and oxygen atoms in total. The number of hydrogen-bond acceptors (Lipinski definition) is 6. The van der Waals surface area contributed by atoms with Crippen LogP contribution in [0.3, 0.4) is 0 Å². The molecule has 1 N–H and O–H groups in total. The summed E-state index contributed by atoms with van der Waals surface area (Å²) in [7, 11) is 0. The van der Waals surface area contributed by atoms with Crippen LogP contribution >= 0.6 is 0 Å². The lowest BCUT2D eigenvalue weighted by Crippen LogP contribution is -2.36. The highest BCUT2D eigenvalue weighted by molar-refractivity contribution is 5.79. The van der Waals surface area contributed by atoms with E-state index in [1.54, 1.807) is 17.6 Å². The van der Waals surface area contributed by atoms with Gasteiger partial charge in [-0.05, 0) is 65.3 Å². The maximum atomic E-state index is 13.4. The first kappa shape index (κ1) is 21.6. The minimum Gasteiger partial charge on any atom is -0.385 e. The summed E-state index contributed by atoms with van der Waals surface area (Å²) in [5.41, 5.74) is 2.77. The highest BCUT2D eigenvalue weighted by Gasteiger charge is 2.25. The van der Waals surface area contributed by atoms with Crippen LogP contribution in [0.5, 0.6) is 0 Å². The van der Waals surface area contributed by atoms with Crippen molar-refractivity contribution in [2.75, 3.05) is 19.6 Å². The van der Waals surface area contributed by atoms with Crippen LogP contribution in [0.4, 0.5) is 4.39 Å². The predicted octanol–water partition coefficient (Wildman–Crippen LogP) is 3.33. The number of fused-ring (bicyclic) bond motifs is 1. The Morgan fingerprint density at radius 2 is 2.06 bits per heavy atom. The van der Waals surface area contributed by atoms with Crippen molar-refractivity contribution in [2.45, 2.75) is 58.6 Å². The molecular weight excluding hydrogens is 399 g/mol. The minimum absolute atomic E-state index is 0.0536. The van der Waals surface area contributed by atoms with Crippen molar-refractivity contribution in [1.29, 1.82) is 0 Å². The number of aryl methyl sites for hydroxylation is 1. The Morgan fingerprint density at radius 1 is 1.32 bits per heavy atom. The predicted molar refractivity (Wildman–Crippen MR) is 116 cm³/mol. The first-order valence-electron chi connectivity index (χ1n) is 10.9. The van der Waals surface area contributed by atoms with E-state index in [0.717, 1.165) is 49.1 Å². The summed E-state index contributed by atoms with van der Waals surface area (Å²) < 4.78 is 20.3. The van der Waals surface area contributed by atoms with E-state index < -0.39 is 6.10 Å². The fraction of sp³-hybridized carbons (Fsp3) is 0.522. The average molecular weight is 429 g/mol. The highest BCUT2D eigenvalue weighted by atomic mass is 19.1. The van der Waals surface area contributed by atoms with Gasteiger partial charge in [-0.1, -0.05) is 5.16 Å². The summed E-state index contributed by atoms with van der Waals surface area (Å²) in [5, 5.41) is 15.0. The number of halogens is 1. The van der Waals surface area contributed by atoms with Crippen LogP contribution in [-0.2, 0) is 13.0 Å². The molecule has 3 aromatic rings. The van der Waals surface area contributed by atoms with Crippen LogP contribution in [0.25, 0.3) is 11.0 Å². The van der Waals surface area contributed by atoms with Crippen LogP contribution in [0.15, 0.2) is 27.5 Å². The molecule has 1 aromatic carbocycles. The number of benzene rings is 1. The number of likely N-dealkylation sites (tertiary alicyclic amines) is 1. The zero-order valence-electron chi connectivity index (χ0n) is 18.3. The standard InChI is InChI=1S/C23H29FN4O3/c1-4-28-22(15(3)29)25-14(2)18(23(28)30)9-12-27-10-7-16(8-11-27)21-19-6-5-17(24)13-20(19)31-26-21/h5-6,13,15-16,29H,4,7-12H2,1-3H3. The first-order chi connectivity index (χ1) is 14.9. The molecule has 31 heavy (non-hydrogen) atoms. The van der Waals surface area contributed by atoms with E-state index in [4.69, 9.17) is 4.52 Å². The summed E-state index contributed by atoms with van der Waals surface area (Å²) >= 11 is 0. The molecule has 0 bridgehead atoms. The zero-order valence-corrected chi connectivity index (χ0v) is 18.3. The van der Waals surface area contributed by atoms with Gasteiger partial charge < -0.3 is 14.5 Å². The van der Waals surface area contributed by atoms with Gasteiger partial charge in [0.2, 0.25) is 0 Å². The molecule has 3 heterocycles. The molecule has 4 rings (SSSR count). The number of hydrogen-bond donors (Lipinski definition) is 1. The molecule has 0 saturated carbocycles. The smallest absolute Gasteiger partial charge is 0.257 e. The third-order valence-electron chi connectivity index (χ3n) is 6.30. The van der Waals surface area contributed by atoms with E-state index in [9.17, 15) is 14.3 Å². The Kier molecular flexibility index (Phi) is 6.20. The normalized spacial score (nSPS) is 16.8. The van der Waals surface area contributed by atoms with Crippen LogP contribution in [0.1, 0.15) is 61.5 Å². The van der Waals surface area contributed by atoms with E-state index >= 15 is 0 Å². The van der Waals surface area contributed by atoms with Crippen LogP contribution < -0.4 is 5.56 Å². The molecule has 8 heteroatoms. The van der Waals surface area contributed by atoms with Gasteiger partial charge >= 0.3 is 0 Å². The topological polar surface area (TPSA) is 84.4 Å². The van der Waals surface area contributed by atoms with Crippen molar-refractivity contribution < 1.29 is 14.0 Å². The molecule has 1 aliphatic rings. The summed E-state index contributed by atoms with van der Waals surface area (Å²) in [6.45, 7) is 8.44. The number of nitrogens with zero attached hydrogens (tertiary/aromatic N) is 4. The second-order valence-electron chi connectivity index (χ2n) is 8.33. The Bertz CT molecular complexity index is 1130. The summed E-state index contributed by atoms with van der Waals surface area (Å²) in [6, 6.07) is 4.57. The van der Waals surface area contributed by atoms with Crippen molar-refractivity contribution in [2.24, 2.45) is 0 Å². The van der Waals surface area contributed by atoms with Gasteiger partial charge in [0.15, 0.2) is 5.58 Å². The van der Waals surface area contributed by atoms with Gasteiger partial charge in [0, 0.05) is 41.7 Å². The second kappa shape index (κ2) is 8.88. The number of aliphatic hydroxyl groups is 1. The SMILES string of the molecule is CCn1c(C(C)O)nc(C)c(CCN2CCC(c3noc4cc(F)ccc34)CC2)c1=O. The lowest BCUT2D eigenvalue weighted by molar-refractivity contribution is 0.180. The van der Waals surface area contributed by atoms with Crippen molar-refractivity contribution in [3.05, 3.63) is 57.1 Å². The molecule has 1 fully saturated rings. The molecule has 0 radical (unpaired) electrons. The molecule has 1 aliphatic heterocycles. The summed E-state index contributed by atoms with van der Waals surface area (Å²) in [4.78, 5) is 19.8. The third-order valence-corrected chi connectivity index (χ3v) is 6.30.